The van der Waals surface area contributed by atoms with Crippen molar-refractivity contribution in [2.75, 3.05) is 6.54 Å². The third kappa shape index (κ3) is 2.98. The highest BCUT2D eigenvalue weighted by Crippen LogP contribution is 2.19. The zero-order valence-electron chi connectivity index (χ0n) is 7.05. The Labute approximate surface area is 82.3 Å². The summed E-state index contributed by atoms with van der Waals surface area (Å²) in [6.07, 6.45) is 0.631. The Morgan fingerprint density at radius 3 is 2.92 bits per heavy atom. The Morgan fingerprint density at radius 2 is 2.23 bits per heavy atom. The molecule has 0 aliphatic rings. The van der Waals surface area contributed by atoms with Gasteiger partial charge in [0, 0.05) is 18.5 Å². The maximum atomic E-state index is 9.14. The maximum Gasteiger partial charge on any atom is 0.116 e. The van der Waals surface area contributed by atoms with Crippen molar-refractivity contribution in [1.29, 1.82) is 0 Å². The van der Waals surface area contributed by atoms with E-state index in [0.29, 0.717) is 23.6 Å². The molecule has 68 valence electrons. The largest absolute Gasteiger partial charge is 0.508 e. The molecule has 0 spiro atoms. The molecule has 0 fully saturated rings. The first kappa shape index (κ1) is 9.91. The summed E-state index contributed by atoms with van der Waals surface area (Å²) in [5, 5.41) is 9.69. The van der Waals surface area contributed by atoms with Crippen molar-refractivity contribution in [2.45, 2.75) is 6.42 Å². The van der Waals surface area contributed by atoms with E-state index in [4.69, 9.17) is 22.4 Å². The fraction of sp³-hybridized carbons (Fsp3) is 0.200. The van der Waals surface area contributed by atoms with Gasteiger partial charge in [0.1, 0.15) is 5.75 Å². The molecule has 0 atom stereocenters. The molecular weight excluding hydrogens is 186 g/mol. The smallest absolute Gasteiger partial charge is 0.116 e. The molecule has 0 unspecified atom stereocenters. The zero-order chi connectivity index (χ0) is 9.68. The second-order valence-electron chi connectivity index (χ2n) is 2.50. The summed E-state index contributed by atoms with van der Waals surface area (Å²) < 4.78 is 0. The van der Waals surface area contributed by atoms with E-state index in [1.54, 1.807) is 6.07 Å². The Bertz CT molecular complexity index is 352. The Morgan fingerprint density at radius 1 is 1.46 bits per heavy atom. The van der Waals surface area contributed by atoms with Gasteiger partial charge < -0.3 is 10.8 Å². The number of halogens is 1. The molecule has 1 aromatic rings. The number of phenols is 1. The average Bonchev–Trinajstić information content (AvgIpc) is 2.11. The van der Waals surface area contributed by atoms with Gasteiger partial charge in [-0.1, -0.05) is 23.4 Å². The molecule has 0 aliphatic heterocycles. The van der Waals surface area contributed by atoms with E-state index in [9.17, 15) is 0 Å². The molecule has 3 heteroatoms. The van der Waals surface area contributed by atoms with E-state index in [1.165, 1.54) is 12.1 Å². The van der Waals surface area contributed by atoms with Gasteiger partial charge in [-0.25, -0.2) is 0 Å². The quantitative estimate of drug-likeness (QED) is 0.671. The molecule has 0 saturated carbocycles. The van der Waals surface area contributed by atoms with Gasteiger partial charge in [-0.05, 0) is 18.2 Å². The highest BCUT2D eigenvalue weighted by molar-refractivity contribution is 6.31. The predicted octanol–water partition coefficient (Wildman–Crippen LogP) is 1.75. The van der Waals surface area contributed by atoms with Gasteiger partial charge in [0.25, 0.3) is 0 Å². The molecule has 0 aliphatic carbocycles. The fourth-order valence-corrected chi connectivity index (χ4v) is 1.00. The maximum absolute atomic E-state index is 9.14. The van der Waals surface area contributed by atoms with E-state index < -0.39 is 0 Å². The molecule has 0 radical (unpaired) electrons. The van der Waals surface area contributed by atoms with Crippen molar-refractivity contribution in [3.8, 4) is 17.6 Å². The summed E-state index contributed by atoms with van der Waals surface area (Å²) in [7, 11) is 0. The number of aromatic hydroxyl groups is 1. The normalized spacial score (nSPS) is 9.08. The van der Waals surface area contributed by atoms with Gasteiger partial charge in [0.15, 0.2) is 0 Å². The first-order chi connectivity index (χ1) is 6.24. The molecule has 1 rings (SSSR count). The van der Waals surface area contributed by atoms with Crippen LogP contribution in [-0.2, 0) is 0 Å². The van der Waals surface area contributed by atoms with Crippen LogP contribution in [0.25, 0.3) is 0 Å². The van der Waals surface area contributed by atoms with Gasteiger partial charge in [-0.15, -0.1) is 0 Å². The van der Waals surface area contributed by atoms with Crippen LogP contribution in [-0.4, -0.2) is 11.7 Å². The molecule has 3 N–H and O–H groups in total. The van der Waals surface area contributed by atoms with Crippen LogP contribution in [0.1, 0.15) is 12.0 Å². The van der Waals surface area contributed by atoms with Crippen LogP contribution in [0.4, 0.5) is 0 Å². The Balaban J connectivity index is 2.89. The van der Waals surface area contributed by atoms with Gasteiger partial charge in [0.05, 0.1) is 5.02 Å². The summed E-state index contributed by atoms with van der Waals surface area (Å²) in [4.78, 5) is 0. The third-order valence-electron chi connectivity index (χ3n) is 1.44. The van der Waals surface area contributed by atoms with Crippen LogP contribution >= 0.6 is 11.6 Å². The summed E-state index contributed by atoms with van der Waals surface area (Å²) in [6.45, 7) is 0.531. The van der Waals surface area contributed by atoms with Gasteiger partial charge in [-0.3, -0.25) is 0 Å². The number of benzene rings is 1. The van der Waals surface area contributed by atoms with Crippen LogP contribution in [0.2, 0.25) is 5.02 Å². The predicted molar refractivity (Wildman–Crippen MR) is 53.7 cm³/mol. The lowest BCUT2D eigenvalue weighted by Crippen LogP contribution is -1.95. The lowest BCUT2D eigenvalue weighted by atomic mass is 10.2. The highest BCUT2D eigenvalue weighted by Gasteiger charge is 1.96. The zero-order valence-corrected chi connectivity index (χ0v) is 7.80. The van der Waals surface area contributed by atoms with E-state index >= 15 is 0 Å². The van der Waals surface area contributed by atoms with Crippen molar-refractivity contribution in [1.82, 2.24) is 0 Å². The summed E-state index contributed by atoms with van der Waals surface area (Å²) in [6, 6.07) is 4.67. The van der Waals surface area contributed by atoms with E-state index in [-0.39, 0.29) is 5.75 Å². The topological polar surface area (TPSA) is 46.2 Å². The first-order valence-electron chi connectivity index (χ1n) is 3.91. The van der Waals surface area contributed by atoms with E-state index in [1.807, 2.05) is 0 Å². The second kappa shape index (κ2) is 4.76. The van der Waals surface area contributed by atoms with Crippen LogP contribution < -0.4 is 5.73 Å². The molecule has 0 amide bonds. The van der Waals surface area contributed by atoms with Crippen LogP contribution in [0, 0.1) is 11.8 Å². The third-order valence-corrected chi connectivity index (χ3v) is 1.77. The van der Waals surface area contributed by atoms with E-state index in [2.05, 4.69) is 11.8 Å². The molecule has 0 heterocycles. The van der Waals surface area contributed by atoms with Crippen molar-refractivity contribution < 1.29 is 5.11 Å². The van der Waals surface area contributed by atoms with Gasteiger partial charge in [-0.2, -0.15) is 0 Å². The molecule has 0 saturated heterocycles. The number of phenolic OH excluding ortho intramolecular Hbond substituents is 1. The second-order valence-corrected chi connectivity index (χ2v) is 2.91. The van der Waals surface area contributed by atoms with Gasteiger partial charge >= 0.3 is 0 Å². The van der Waals surface area contributed by atoms with Gasteiger partial charge in [0.2, 0.25) is 0 Å². The average molecular weight is 196 g/mol. The molecule has 0 aromatic heterocycles. The molecule has 2 nitrogen and oxygen atoms in total. The molecular formula is C10H10ClNO. The fourth-order valence-electron chi connectivity index (χ4n) is 0.839. The number of hydrogen-bond acceptors (Lipinski definition) is 2. The molecule has 1 aromatic carbocycles. The summed E-state index contributed by atoms with van der Waals surface area (Å²) in [5.41, 5.74) is 5.91. The number of nitrogens with two attached hydrogens (primary N) is 1. The minimum absolute atomic E-state index is 0.168. The van der Waals surface area contributed by atoms with Crippen LogP contribution in [0.15, 0.2) is 18.2 Å². The van der Waals surface area contributed by atoms with Crippen molar-refractivity contribution >= 4 is 11.6 Å². The van der Waals surface area contributed by atoms with Crippen molar-refractivity contribution in [2.24, 2.45) is 5.73 Å². The summed E-state index contributed by atoms with van der Waals surface area (Å²) in [5.74, 6) is 5.85. The molecule has 0 bridgehead atoms. The lowest BCUT2D eigenvalue weighted by Gasteiger charge is -1.95. The summed E-state index contributed by atoms with van der Waals surface area (Å²) >= 11 is 5.83. The van der Waals surface area contributed by atoms with Crippen LogP contribution in [0.5, 0.6) is 5.75 Å². The number of hydrogen-bond donors (Lipinski definition) is 2. The first-order valence-corrected chi connectivity index (χ1v) is 4.29. The molecule has 13 heavy (non-hydrogen) atoms. The van der Waals surface area contributed by atoms with Crippen molar-refractivity contribution in [3.05, 3.63) is 28.8 Å². The minimum Gasteiger partial charge on any atom is -0.508 e. The number of rotatable bonds is 1. The van der Waals surface area contributed by atoms with Crippen LogP contribution in [0.3, 0.4) is 0 Å². The van der Waals surface area contributed by atoms with E-state index in [0.717, 1.165) is 0 Å². The Kier molecular flexibility index (Phi) is 3.63. The lowest BCUT2D eigenvalue weighted by molar-refractivity contribution is 0.475. The monoisotopic (exact) mass is 195 g/mol. The minimum atomic E-state index is 0.168. The highest BCUT2D eigenvalue weighted by atomic mass is 35.5. The standard InChI is InChI=1S/C10H10ClNO/c11-10-5-4-9(13)7-8(10)3-1-2-6-12/h4-5,7,13H,2,6,12H2. The van der Waals surface area contributed by atoms with Crippen molar-refractivity contribution in [3.63, 3.8) is 0 Å². The SMILES string of the molecule is NCCC#Cc1cc(O)ccc1Cl. The Hall–Kier alpha value is -1.17.